The van der Waals surface area contributed by atoms with Gasteiger partial charge in [-0.1, -0.05) is 6.07 Å². The standard InChI is InChI=1S/C21H15N5O5/c1-30-21(27)13-7-9-14(10-8-13)31-20-18(26(28)29)19(23-12-24-20)25-17-6-2-5-16-15(17)4-3-11-22-16/h2-12H,1H3,(H,23,24,25). The normalized spacial score (nSPS) is 10.5. The smallest absolute Gasteiger partial charge is 0.373 e. The number of esters is 1. The SMILES string of the molecule is COC(=O)c1ccc(Oc2ncnc(Nc3cccc4ncccc34)c2[N+](=O)[O-])cc1. The first-order chi connectivity index (χ1) is 15.1. The molecule has 0 unspecified atom stereocenters. The fraction of sp³-hybridized carbons (Fsp3) is 0.0476. The van der Waals surface area contributed by atoms with Crippen LogP contribution in [0.25, 0.3) is 10.9 Å². The van der Waals surface area contributed by atoms with Gasteiger partial charge in [0.1, 0.15) is 12.1 Å². The van der Waals surface area contributed by atoms with Gasteiger partial charge in [0.2, 0.25) is 5.82 Å². The molecule has 0 aliphatic heterocycles. The number of nitrogens with one attached hydrogen (secondary N) is 1. The van der Waals surface area contributed by atoms with Gasteiger partial charge in [-0.3, -0.25) is 15.1 Å². The number of anilines is 2. The lowest BCUT2D eigenvalue weighted by Crippen LogP contribution is -2.04. The van der Waals surface area contributed by atoms with E-state index in [-0.39, 0.29) is 17.4 Å². The first kappa shape index (κ1) is 19.7. The Hall–Kier alpha value is -4.60. The number of carbonyl (C=O) groups excluding carboxylic acids is 1. The summed E-state index contributed by atoms with van der Waals surface area (Å²) in [6.07, 6.45) is 2.83. The van der Waals surface area contributed by atoms with Crippen LogP contribution in [0.15, 0.2) is 67.1 Å². The minimum atomic E-state index is -0.621. The van der Waals surface area contributed by atoms with E-state index >= 15 is 0 Å². The van der Waals surface area contributed by atoms with E-state index in [2.05, 4.69) is 25.0 Å². The van der Waals surface area contributed by atoms with Crippen molar-refractivity contribution in [2.75, 3.05) is 12.4 Å². The Labute approximate surface area is 175 Å². The van der Waals surface area contributed by atoms with Crippen LogP contribution >= 0.6 is 0 Å². The molecule has 2 heterocycles. The Balaban J connectivity index is 1.68. The molecule has 0 saturated carbocycles. The maximum Gasteiger partial charge on any atom is 0.373 e. The van der Waals surface area contributed by atoms with Gasteiger partial charge in [-0.25, -0.2) is 9.78 Å². The molecule has 10 nitrogen and oxygen atoms in total. The van der Waals surface area contributed by atoms with E-state index < -0.39 is 16.6 Å². The number of ether oxygens (including phenoxy) is 2. The predicted molar refractivity (Wildman–Crippen MR) is 112 cm³/mol. The average molecular weight is 417 g/mol. The summed E-state index contributed by atoms with van der Waals surface area (Å²) in [5.74, 6) is -0.519. The van der Waals surface area contributed by atoms with Gasteiger partial charge in [-0.15, -0.1) is 0 Å². The number of benzene rings is 2. The number of fused-ring (bicyclic) bond motifs is 1. The average Bonchev–Trinajstić information content (AvgIpc) is 2.79. The predicted octanol–water partition coefficient (Wildman–Crippen LogP) is 4.26. The largest absolute Gasteiger partial charge is 0.465 e. The molecule has 10 heteroatoms. The van der Waals surface area contributed by atoms with E-state index in [9.17, 15) is 14.9 Å². The molecule has 2 aromatic carbocycles. The van der Waals surface area contributed by atoms with E-state index in [0.717, 1.165) is 17.2 Å². The van der Waals surface area contributed by atoms with Gasteiger partial charge in [0, 0.05) is 17.3 Å². The lowest BCUT2D eigenvalue weighted by molar-refractivity contribution is -0.385. The molecule has 154 valence electrons. The Morgan fingerprint density at radius 1 is 1.03 bits per heavy atom. The van der Waals surface area contributed by atoms with Gasteiger partial charge in [0.15, 0.2) is 0 Å². The number of nitrogens with zero attached hydrogens (tertiary/aromatic N) is 4. The van der Waals surface area contributed by atoms with Gasteiger partial charge < -0.3 is 14.8 Å². The maximum atomic E-state index is 11.8. The second-order valence-electron chi connectivity index (χ2n) is 6.25. The zero-order chi connectivity index (χ0) is 21.8. The van der Waals surface area contributed by atoms with Crippen LogP contribution in [0.2, 0.25) is 0 Å². The van der Waals surface area contributed by atoms with E-state index in [1.54, 1.807) is 24.4 Å². The summed E-state index contributed by atoms with van der Waals surface area (Å²) in [4.78, 5) is 34.9. The summed E-state index contributed by atoms with van der Waals surface area (Å²) in [5, 5.41) is 15.6. The summed E-state index contributed by atoms with van der Waals surface area (Å²) in [6.45, 7) is 0. The third kappa shape index (κ3) is 4.08. The fourth-order valence-electron chi connectivity index (χ4n) is 2.92. The minimum Gasteiger partial charge on any atom is -0.465 e. The quantitative estimate of drug-likeness (QED) is 0.278. The molecule has 4 aromatic rings. The molecule has 0 radical (unpaired) electrons. The Morgan fingerprint density at radius 2 is 1.84 bits per heavy atom. The Morgan fingerprint density at radius 3 is 2.58 bits per heavy atom. The van der Waals surface area contributed by atoms with Crippen molar-refractivity contribution in [1.29, 1.82) is 0 Å². The number of nitro groups is 1. The second kappa shape index (κ2) is 8.41. The van der Waals surface area contributed by atoms with E-state index in [4.69, 9.17) is 4.74 Å². The van der Waals surface area contributed by atoms with Crippen molar-refractivity contribution in [3.8, 4) is 11.6 Å². The fourth-order valence-corrected chi connectivity index (χ4v) is 2.92. The highest BCUT2D eigenvalue weighted by Gasteiger charge is 2.25. The number of hydrogen-bond donors (Lipinski definition) is 1. The number of hydrogen-bond acceptors (Lipinski definition) is 9. The summed E-state index contributed by atoms with van der Waals surface area (Å²) in [7, 11) is 1.28. The van der Waals surface area contributed by atoms with Crippen molar-refractivity contribution >= 4 is 34.1 Å². The Kier molecular flexibility index (Phi) is 5.35. The van der Waals surface area contributed by atoms with Gasteiger partial charge >= 0.3 is 17.5 Å². The topological polar surface area (TPSA) is 129 Å². The molecule has 0 amide bonds. The molecule has 0 atom stereocenters. The van der Waals surface area contributed by atoms with Crippen LogP contribution in [-0.2, 0) is 4.74 Å². The molecule has 1 N–H and O–H groups in total. The molecule has 2 aromatic heterocycles. The summed E-state index contributed by atoms with van der Waals surface area (Å²) < 4.78 is 10.3. The van der Waals surface area contributed by atoms with Crippen LogP contribution in [-0.4, -0.2) is 33.0 Å². The van der Waals surface area contributed by atoms with Crippen molar-refractivity contribution in [3.05, 3.63) is 82.8 Å². The molecule has 0 saturated heterocycles. The van der Waals surface area contributed by atoms with Gasteiger partial charge in [0.05, 0.1) is 23.1 Å². The molecule has 0 bridgehead atoms. The highest BCUT2D eigenvalue weighted by atomic mass is 16.6. The van der Waals surface area contributed by atoms with Crippen molar-refractivity contribution < 1.29 is 19.2 Å². The first-order valence-corrected chi connectivity index (χ1v) is 9.03. The zero-order valence-corrected chi connectivity index (χ0v) is 16.2. The summed E-state index contributed by atoms with van der Waals surface area (Å²) in [5.41, 5.74) is 1.21. The minimum absolute atomic E-state index is 0.0301. The Bertz CT molecular complexity index is 1270. The highest BCUT2D eigenvalue weighted by molar-refractivity contribution is 5.93. The zero-order valence-electron chi connectivity index (χ0n) is 16.2. The van der Waals surface area contributed by atoms with Gasteiger partial charge in [-0.05, 0) is 48.5 Å². The molecule has 31 heavy (non-hydrogen) atoms. The number of pyridine rings is 1. The number of carbonyl (C=O) groups is 1. The number of aromatic nitrogens is 3. The van der Waals surface area contributed by atoms with Crippen molar-refractivity contribution in [2.45, 2.75) is 0 Å². The van der Waals surface area contributed by atoms with E-state index in [1.165, 1.54) is 31.4 Å². The summed E-state index contributed by atoms with van der Waals surface area (Å²) in [6, 6.07) is 14.9. The van der Waals surface area contributed by atoms with Crippen molar-refractivity contribution in [3.63, 3.8) is 0 Å². The number of rotatable bonds is 6. The van der Waals surface area contributed by atoms with Crippen LogP contribution in [0.3, 0.4) is 0 Å². The van der Waals surface area contributed by atoms with Crippen LogP contribution in [0.4, 0.5) is 17.2 Å². The van der Waals surface area contributed by atoms with E-state index in [0.29, 0.717) is 11.3 Å². The monoisotopic (exact) mass is 417 g/mol. The third-order valence-electron chi connectivity index (χ3n) is 4.36. The van der Waals surface area contributed by atoms with Crippen molar-refractivity contribution in [2.24, 2.45) is 0 Å². The van der Waals surface area contributed by atoms with E-state index in [1.807, 2.05) is 12.1 Å². The first-order valence-electron chi connectivity index (χ1n) is 9.03. The van der Waals surface area contributed by atoms with Gasteiger partial charge in [0.25, 0.3) is 0 Å². The molecule has 4 rings (SSSR count). The van der Waals surface area contributed by atoms with Crippen LogP contribution in [0, 0.1) is 10.1 Å². The maximum absolute atomic E-state index is 11.8. The molecule has 0 fully saturated rings. The summed E-state index contributed by atoms with van der Waals surface area (Å²) >= 11 is 0. The van der Waals surface area contributed by atoms with Crippen LogP contribution in [0.5, 0.6) is 11.6 Å². The molecule has 0 aliphatic carbocycles. The van der Waals surface area contributed by atoms with Crippen LogP contribution < -0.4 is 10.1 Å². The second-order valence-corrected chi connectivity index (χ2v) is 6.25. The molecular formula is C21H15N5O5. The lowest BCUT2D eigenvalue weighted by Gasteiger charge is -2.11. The third-order valence-corrected chi connectivity index (χ3v) is 4.36. The lowest BCUT2D eigenvalue weighted by atomic mass is 10.2. The molecule has 0 aliphatic rings. The number of methoxy groups -OCH3 is 1. The van der Waals surface area contributed by atoms with Gasteiger partial charge in [-0.2, -0.15) is 4.98 Å². The van der Waals surface area contributed by atoms with Crippen molar-refractivity contribution in [1.82, 2.24) is 15.0 Å². The molecule has 0 spiro atoms. The highest BCUT2D eigenvalue weighted by Crippen LogP contribution is 2.36. The van der Waals surface area contributed by atoms with Crippen LogP contribution in [0.1, 0.15) is 10.4 Å². The molecular weight excluding hydrogens is 402 g/mol.